The average Bonchev–Trinajstić information content (AvgIpc) is 2.36. The van der Waals surface area contributed by atoms with E-state index in [1.54, 1.807) is 32.0 Å². The van der Waals surface area contributed by atoms with Crippen LogP contribution in [0.15, 0.2) is 34.8 Å². The molecular weight excluding hydrogens is 264 g/mol. The molecule has 2 rings (SSSR count). The Labute approximate surface area is 116 Å². The number of allylic oxidation sites excluding steroid dienone is 2. The van der Waals surface area contributed by atoms with Gasteiger partial charge in [0.05, 0.1) is 28.0 Å². The topological polar surface area (TPSA) is 72.5 Å². The molecule has 0 radical (unpaired) electrons. The van der Waals surface area contributed by atoms with Gasteiger partial charge in [0.1, 0.15) is 0 Å². The number of hydrogen-bond donors (Lipinski definition) is 1. The summed E-state index contributed by atoms with van der Waals surface area (Å²) in [7, 11) is 0. The van der Waals surface area contributed by atoms with E-state index >= 15 is 0 Å². The van der Waals surface area contributed by atoms with E-state index in [1.165, 1.54) is 6.08 Å². The van der Waals surface area contributed by atoms with Crippen molar-refractivity contribution in [3.63, 3.8) is 0 Å². The van der Waals surface area contributed by atoms with Crippen LogP contribution in [0.4, 0.5) is 11.4 Å². The van der Waals surface area contributed by atoms with E-state index in [0.717, 1.165) is 0 Å². The Morgan fingerprint density at radius 1 is 1.32 bits per heavy atom. The first-order valence-corrected chi connectivity index (χ1v) is 6.18. The normalized spacial score (nSPS) is 21.7. The number of anilines is 1. The largest absolute Gasteiger partial charge is 0.398 e. The van der Waals surface area contributed by atoms with Crippen LogP contribution in [-0.4, -0.2) is 17.3 Å². The minimum absolute atomic E-state index is 0.0834. The number of nitrogens with zero attached hydrogens (tertiary/aromatic N) is 1. The highest BCUT2D eigenvalue weighted by Crippen LogP contribution is 2.26. The Kier molecular flexibility index (Phi) is 3.53. The minimum atomic E-state index is -0.533. The van der Waals surface area contributed by atoms with Crippen LogP contribution in [-0.2, 0) is 9.59 Å². The highest BCUT2D eigenvalue weighted by molar-refractivity contribution is 6.51. The van der Waals surface area contributed by atoms with Crippen LogP contribution in [0.1, 0.15) is 13.8 Å². The molecule has 0 saturated heterocycles. The molecule has 0 spiro atoms. The molecule has 1 unspecified atom stereocenters. The maximum atomic E-state index is 11.9. The Bertz CT molecular complexity index is 632. The van der Waals surface area contributed by atoms with Crippen molar-refractivity contribution < 1.29 is 9.59 Å². The second-order valence-corrected chi connectivity index (χ2v) is 4.89. The van der Waals surface area contributed by atoms with Crippen molar-refractivity contribution in [2.75, 3.05) is 5.73 Å². The van der Waals surface area contributed by atoms with E-state index in [-0.39, 0.29) is 17.3 Å². The number of nitrogen functional groups attached to an aromatic ring is 1. The molecule has 19 heavy (non-hydrogen) atoms. The van der Waals surface area contributed by atoms with Gasteiger partial charge < -0.3 is 5.73 Å². The highest BCUT2D eigenvalue weighted by atomic mass is 35.5. The fraction of sp³-hybridized carbons (Fsp3) is 0.214. The summed E-state index contributed by atoms with van der Waals surface area (Å²) >= 11 is 5.90. The quantitative estimate of drug-likeness (QED) is 0.802. The fourth-order valence-electron chi connectivity index (χ4n) is 1.90. The number of Topliss-reactive ketones (excluding diaryl/α,β-unsaturated/α-hetero) is 1. The van der Waals surface area contributed by atoms with E-state index in [0.29, 0.717) is 22.0 Å². The molecule has 0 fully saturated rings. The van der Waals surface area contributed by atoms with Gasteiger partial charge in [-0.25, -0.2) is 4.99 Å². The SMILES string of the molecule is CC1=CC(=O)C(=Nc2ccc(N)c(Cl)c2)C(C)C1=O. The van der Waals surface area contributed by atoms with Crippen LogP contribution in [0.5, 0.6) is 0 Å². The lowest BCUT2D eigenvalue weighted by Crippen LogP contribution is -2.32. The van der Waals surface area contributed by atoms with Crippen molar-refractivity contribution in [3.05, 3.63) is 34.9 Å². The molecule has 5 heteroatoms. The molecule has 0 aromatic heterocycles. The summed E-state index contributed by atoms with van der Waals surface area (Å²) in [4.78, 5) is 28.0. The number of benzene rings is 1. The molecule has 2 N–H and O–H groups in total. The zero-order chi connectivity index (χ0) is 14.2. The number of ketones is 2. The zero-order valence-electron chi connectivity index (χ0n) is 10.6. The minimum Gasteiger partial charge on any atom is -0.398 e. The first kappa shape index (κ1) is 13.5. The molecule has 0 bridgehead atoms. The highest BCUT2D eigenvalue weighted by Gasteiger charge is 2.30. The van der Waals surface area contributed by atoms with Gasteiger partial charge in [0.25, 0.3) is 0 Å². The summed E-state index contributed by atoms with van der Waals surface area (Å²) in [5, 5.41) is 0.371. The van der Waals surface area contributed by atoms with Gasteiger partial charge in [0, 0.05) is 0 Å². The number of halogens is 1. The van der Waals surface area contributed by atoms with Gasteiger partial charge >= 0.3 is 0 Å². The smallest absolute Gasteiger partial charge is 0.201 e. The summed E-state index contributed by atoms with van der Waals surface area (Å²) in [6, 6.07) is 4.84. The number of carbonyl (C=O) groups excluding carboxylic acids is 2. The van der Waals surface area contributed by atoms with E-state index in [4.69, 9.17) is 17.3 Å². The second-order valence-electron chi connectivity index (χ2n) is 4.48. The molecule has 1 aromatic rings. The molecule has 1 aromatic carbocycles. The Hall–Kier alpha value is -1.94. The number of rotatable bonds is 1. The van der Waals surface area contributed by atoms with Gasteiger partial charge in [-0.1, -0.05) is 11.6 Å². The van der Waals surface area contributed by atoms with Gasteiger partial charge in [-0.15, -0.1) is 0 Å². The van der Waals surface area contributed by atoms with Crippen LogP contribution < -0.4 is 5.73 Å². The second kappa shape index (κ2) is 4.97. The predicted molar refractivity (Wildman–Crippen MR) is 75.9 cm³/mol. The molecular formula is C14H13ClN2O2. The van der Waals surface area contributed by atoms with Crippen molar-refractivity contribution in [3.8, 4) is 0 Å². The van der Waals surface area contributed by atoms with Crippen LogP contribution in [0.3, 0.4) is 0 Å². The molecule has 1 aliphatic rings. The van der Waals surface area contributed by atoms with Crippen molar-refractivity contribution in [1.82, 2.24) is 0 Å². The first-order valence-electron chi connectivity index (χ1n) is 5.80. The monoisotopic (exact) mass is 276 g/mol. The summed E-state index contributed by atoms with van der Waals surface area (Å²) in [6.07, 6.45) is 1.32. The van der Waals surface area contributed by atoms with Crippen LogP contribution in [0.2, 0.25) is 5.02 Å². The van der Waals surface area contributed by atoms with Crippen LogP contribution >= 0.6 is 11.6 Å². The van der Waals surface area contributed by atoms with Crippen LogP contribution in [0, 0.1) is 5.92 Å². The molecule has 1 aliphatic carbocycles. The molecule has 0 saturated carbocycles. The van der Waals surface area contributed by atoms with Gasteiger partial charge in [-0.3, -0.25) is 9.59 Å². The van der Waals surface area contributed by atoms with Crippen molar-refractivity contribution >= 4 is 40.3 Å². The first-order chi connectivity index (χ1) is 8.90. The van der Waals surface area contributed by atoms with E-state index in [2.05, 4.69) is 4.99 Å². The summed E-state index contributed by atoms with van der Waals surface area (Å²) in [5.41, 5.74) is 7.26. The standard InChI is InChI=1S/C14H13ClN2O2/c1-7-5-12(18)13(8(2)14(7)19)17-9-3-4-11(16)10(15)6-9/h3-6,8H,16H2,1-2H3. The van der Waals surface area contributed by atoms with E-state index < -0.39 is 5.92 Å². The third-order valence-corrected chi connectivity index (χ3v) is 3.35. The maximum Gasteiger partial charge on any atom is 0.201 e. The molecule has 4 nitrogen and oxygen atoms in total. The Balaban J connectivity index is 2.45. The van der Waals surface area contributed by atoms with Gasteiger partial charge in [0.2, 0.25) is 5.78 Å². The van der Waals surface area contributed by atoms with Crippen molar-refractivity contribution in [2.24, 2.45) is 10.9 Å². The molecule has 0 amide bonds. The summed E-state index contributed by atoms with van der Waals surface area (Å²) in [5.74, 6) is -0.855. The molecule has 1 atom stereocenters. The van der Waals surface area contributed by atoms with Crippen LogP contribution in [0.25, 0.3) is 0 Å². The summed E-state index contributed by atoms with van der Waals surface area (Å²) < 4.78 is 0. The third-order valence-electron chi connectivity index (χ3n) is 3.03. The predicted octanol–water partition coefficient (Wildman–Crippen LogP) is 2.73. The van der Waals surface area contributed by atoms with Gasteiger partial charge in [-0.05, 0) is 43.7 Å². The number of carbonyl (C=O) groups is 2. The Morgan fingerprint density at radius 2 is 2.00 bits per heavy atom. The summed E-state index contributed by atoms with van der Waals surface area (Å²) in [6.45, 7) is 3.31. The molecule has 0 heterocycles. The molecule has 0 aliphatic heterocycles. The average molecular weight is 277 g/mol. The zero-order valence-corrected chi connectivity index (χ0v) is 11.4. The van der Waals surface area contributed by atoms with Crippen molar-refractivity contribution in [1.29, 1.82) is 0 Å². The Morgan fingerprint density at radius 3 is 2.63 bits per heavy atom. The lowest BCUT2D eigenvalue weighted by Gasteiger charge is -2.17. The lowest BCUT2D eigenvalue weighted by atomic mass is 9.87. The van der Waals surface area contributed by atoms with E-state index in [1.807, 2.05) is 0 Å². The third kappa shape index (κ3) is 2.58. The maximum absolute atomic E-state index is 11.9. The number of aliphatic imine (C=N–C) groups is 1. The number of nitrogens with two attached hydrogens (primary N) is 1. The van der Waals surface area contributed by atoms with Crippen molar-refractivity contribution in [2.45, 2.75) is 13.8 Å². The van der Waals surface area contributed by atoms with Gasteiger partial charge in [0.15, 0.2) is 5.78 Å². The van der Waals surface area contributed by atoms with Gasteiger partial charge in [-0.2, -0.15) is 0 Å². The van der Waals surface area contributed by atoms with E-state index in [9.17, 15) is 9.59 Å². The molecule has 98 valence electrons. The number of hydrogen-bond acceptors (Lipinski definition) is 4. The lowest BCUT2D eigenvalue weighted by molar-refractivity contribution is -0.119. The fourth-order valence-corrected chi connectivity index (χ4v) is 2.07.